The van der Waals surface area contributed by atoms with Gasteiger partial charge in [0.25, 0.3) is 5.69 Å². The van der Waals surface area contributed by atoms with Gasteiger partial charge in [0.05, 0.1) is 18.6 Å². The third kappa shape index (κ3) is 3.31. The largest absolute Gasteiger partial charge is 0.496 e. The Morgan fingerprint density at radius 2 is 2.24 bits per heavy atom. The zero-order valence-electron chi connectivity index (χ0n) is 11.6. The Kier molecular flexibility index (Phi) is 4.76. The molecular formula is C12H15N5O3S. The van der Waals surface area contributed by atoms with Gasteiger partial charge in [-0.25, -0.2) is 0 Å². The lowest BCUT2D eigenvalue weighted by Gasteiger charge is -2.08. The highest BCUT2D eigenvalue weighted by Crippen LogP contribution is 2.30. The van der Waals surface area contributed by atoms with Crippen molar-refractivity contribution in [3.05, 3.63) is 39.7 Å². The smallest absolute Gasteiger partial charge is 0.270 e. The van der Waals surface area contributed by atoms with Crippen LogP contribution in [-0.4, -0.2) is 26.8 Å². The lowest BCUT2D eigenvalue weighted by atomic mass is 10.2. The quantitative estimate of drug-likeness (QED) is 0.489. The maximum absolute atomic E-state index is 10.8. The highest BCUT2D eigenvalue weighted by atomic mass is 32.2. The lowest BCUT2D eigenvalue weighted by molar-refractivity contribution is -0.384. The van der Waals surface area contributed by atoms with Crippen molar-refractivity contribution in [3.8, 4) is 5.75 Å². The van der Waals surface area contributed by atoms with E-state index in [1.807, 2.05) is 7.05 Å². The molecule has 2 aromatic rings. The molecule has 0 amide bonds. The number of nitro benzene ring substituents is 1. The van der Waals surface area contributed by atoms with Crippen LogP contribution in [0.2, 0.25) is 0 Å². The number of non-ortho nitro benzene ring substituents is 1. The zero-order chi connectivity index (χ0) is 15.4. The van der Waals surface area contributed by atoms with Crippen molar-refractivity contribution < 1.29 is 9.66 Å². The van der Waals surface area contributed by atoms with Crippen LogP contribution in [0.3, 0.4) is 0 Å². The Morgan fingerprint density at radius 3 is 2.81 bits per heavy atom. The van der Waals surface area contributed by atoms with Crippen molar-refractivity contribution >= 4 is 17.4 Å². The second kappa shape index (κ2) is 6.55. The van der Waals surface area contributed by atoms with E-state index in [4.69, 9.17) is 10.5 Å². The SMILES string of the molecule is COc1ccc([N+](=O)[O-])cc1CSc1nnc(CN)n1C. The molecule has 0 saturated heterocycles. The van der Waals surface area contributed by atoms with Crippen LogP contribution in [0, 0.1) is 10.1 Å². The predicted molar refractivity (Wildman–Crippen MR) is 78.1 cm³/mol. The number of rotatable bonds is 6. The average molecular weight is 309 g/mol. The number of hydrogen-bond acceptors (Lipinski definition) is 7. The van der Waals surface area contributed by atoms with Gasteiger partial charge >= 0.3 is 0 Å². The summed E-state index contributed by atoms with van der Waals surface area (Å²) in [6.45, 7) is 0.310. The van der Waals surface area contributed by atoms with E-state index in [-0.39, 0.29) is 5.69 Å². The topological polar surface area (TPSA) is 109 Å². The third-order valence-electron chi connectivity index (χ3n) is 2.94. The summed E-state index contributed by atoms with van der Waals surface area (Å²) >= 11 is 1.42. The van der Waals surface area contributed by atoms with Crippen LogP contribution >= 0.6 is 11.8 Å². The van der Waals surface area contributed by atoms with Crippen LogP contribution in [0.15, 0.2) is 23.4 Å². The van der Waals surface area contributed by atoms with Gasteiger partial charge in [-0.3, -0.25) is 10.1 Å². The highest BCUT2D eigenvalue weighted by molar-refractivity contribution is 7.98. The van der Waals surface area contributed by atoms with Gasteiger partial charge in [-0.05, 0) is 6.07 Å². The highest BCUT2D eigenvalue weighted by Gasteiger charge is 2.14. The van der Waals surface area contributed by atoms with Gasteiger partial charge in [0.2, 0.25) is 0 Å². The molecule has 1 heterocycles. The number of hydrogen-bond donors (Lipinski definition) is 1. The molecular weight excluding hydrogens is 294 g/mol. The van der Waals surface area contributed by atoms with Crippen molar-refractivity contribution in [2.45, 2.75) is 17.5 Å². The Morgan fingerprint density at radius 1 is 1.48 bits per heavy atom. The van der Waals surface area contributed by atoms with E-state index in [2.05, 4.69) is 10.2 Å². The maximum Gasteiger partial charge on any atom is 0.270 e. The lowest BCUT2D eigenvalue weighted by Crippen LogP contribution is -2.05. The van der Waals surface area contributed by atoms with E-state index in [1.54, 1.807) is 10.6 Å². The molecule has 8 nitrogen and oxygen atoms in total. The number of nitrogens with zero attached hydrogens (tertiary/aromatic N) is 4. The number of nitrogens with two attached hydrogens (primary N) is 1. The van der Waals surface area contributed by atoms with Gasteiger partial charge in [0.15, 0.2) is 5.16 Å². The van der Waals surface area contributed by atoms with Gasteiger partial charge < -0.3 is 15.0 Å². The number of thioether (sulfide) groups is 1. The fourth-order valence-corrected chi connectivity index (χ4v) is 2.69. The molecule has 0 fully saturated rings. The normalized spacial score (nSPS) is 10.6. The fraction of sp³-hybridized carbons (Fsp3) is 0.333. The molecule has 0 radical (unpaired) electrons. The van der Waals surface area contributed by atoms with Gasteiger partial charge in [0.1, 0.15) is 11.6 Å². The average Bonchev–Trinajstić information content (AvgIpc) is 2.85. The number of benzene rings is 1. The molecule has 0 bridgehead atoms. The van der Waals surface area contributed by atoms with E-state index in [9.17, 15) is 10.1 Å². The Labute approximate surface area is 125 Å². The van der Waals surface area contributed by atoms with E-state index in [0.29, 0.717) is 29.0 Å². The number of aromatic nitrogens is 3. The van der Waals surface area contributed by atoms with Crippen molar-refractivity contribution in [1.29, 1.82) is 0 Å². The predicted octanol–water partition coefficient (Wildman–Crippen LogP) is 1.48. The molecule has 112 valence electrons. The molecule has 2 rings (SSSR count). The van der Waals surface area contributed by atoms with Crippen LogP contribution in [-0.2, 0) is 19.3 Å². The number of ether oxygens (including phenoxy) is 1. The summed E-state index contributed by atoms with van der Waals surface area (Å²) in [5.41, 5.74) is 6.31. The van der Waals surface area contributed by atoms with Crippen molar-refractivity contribution in [3.63, 3.8) is 0 Å². The molecule has 0 aliphatic carbocycles. The third-order valence-corrected chi connectivity index (χ3v) is 4.01. The molecule has 21 heavy (non-hydrogen) atoms. The molecule has 2 N–H and O–H groups in total. The molecule has 0 unspecified atom stereocenters. The second-order valence-corrected chi connectivity index (χ2v) is 5.15. The molecule has 0 atom stereocenters. The first-order chi connectivity index (χ1) is 10.1. The van der Waals surface area contributed by atoms with Crippen LogP contribution in [0.4, 0.5) is 5.69 Å². The standard InChI is InChI=1S/C12H15N5O3S/c1-16-11(6-13)14-15-12(16)21-7-8-5-9(17(18)19)3-4-10(8)20-2/h3-5H,6-7,13H2,1-2H3. The summed E-state index contributed by atoms with van der Waals surface area (Å²) in [5, 5.41) is 19.5. The first-order valence-electron chi connectivity index (χ1n) is 6.09. The minimum atomic E-state index is -0.428. The van der Waals surface area contributed by atoms with Crippen molar-refractivity contribution in [1.82, 2.24) is 14.8 Å². The zero-order valence-corrected chi connectivity index (χ0v) is 12.5. The van der Waals surface area contributed by atoms with Crippen LogP contribution in [0.5, 0.6) is 5.75 Å². The molecule has 0 aliphatic rings. The summed E-state index contributed by atoms with van der Waals surface area (Å²) in [6, 6.07) is 4.52. The van der Waals surface area contributed by atoms with E-state index in [1.165, 1.54) is 31.0 Å². The Hall–Kier alpha value is -2.13. The summed E-state index contributed by atoms with van der Waals surface area (Å²) in [5.74, 6) is 1.78. The number of methoxy groups -OCH3 is 1. The van der Waals surface area contributed by atoms with E-state index >= 15 is 0 Å². The second-order valence-electron chi connectivity index (χ2n) is 4.20. The van der Waals surface area contributed by atoms with E-state index in [0.717, 1.165) is 5.56 Å². The Balaban J connectivity index is 2.20. The van der Waals surface area contributed by atoms with E-state index < -0.39 is 4.92 Å². The van der Waals surface area contributed by atoms with Crippen molar-refractivity contribution in [2.24, 2.45) is 12.8 Å². The minimum absolute atomic E-state index is 0.0343. The van der Waals surface area contributed by atoms with Crippen LogP contribution in [0.1, 0.15) is 11.4 Å². The molecule has 1 aromatic heterocycles. The van der Waals surface area contributed by atoms with Crippen molar-refractivity contribution in [2.75, 3.05) is 7.11 Å². The molecule has 9 heteroatoms. The van der Waals surface area contributed by atoms with Gasteiger partial charge in [-0.1, -0.05) is 11.8 Å². The Bertz CT molecular complexity index is 658. The number of nitro groups is 1. The van der Waals surface area contributed by atoms with Gasteiger partial charge in [-0.2, -0.15) is 0 Å². The molecule has 0 spiro atoms. The molecule has 1 aromatic carbocycles. The summed E-state index contributed by atoms with van der Waals surface area (Å²) in [6.07, 6.45) is 0. The maximum atomic E-state index is 10.8. The van der Waals surface area contributed by atoms with Crippen LogP contribution in [0.25, 0.3) is 0 Å². The molecule has 0 aliphatic heterocycles. The first-order valence-corrected chi connectivity index (χ1v) is 7.07. The van der Waals surface area contributed by atoms with Crippen LogP contribution < -0.4 is 10.5 Å². The fourth-order valence-electron chi connectivity index (χ4n) is 1.78. The van der Waals surface area contributed by atoms with Gasteiger partial charge in [0, 0.05) is 30.5 Å². The monoisotopic (exact) mass is 309 g/mol. The summed E-state index contributed by atoms with van der Waals surface area (Å²) in [7, 11) is 3.36. The van der Waals surface area contributed by atoms with Gasteiger partial charge in [-0.15, -0.1) is 10.2 Å². The summed E-state index contributed by atoms with van der Waals surface area (Å²) < 4.78 is 7.03. The first kappa shape index (κ1) is 15.3. The molecule has 0 saturated carbocycles. The minimum Gasteiger partial charge on any atom is -0.496 e. The summed E-state index contributed by atoms with van der Waals surface area (Å²) in [4.78, 5) is 10.4.